The van der Waals surface area contributed by atoms with E-state index in [0.29, 0.717) is 11.3 Å². The molecule has 1 aliphatic heterocycles. The van der Waals surface area contributed by atoms with Gasteiger partial charge in [0.05, 0.1) is 0 Å². The molecule has 0 N–H and O–H groups in total. The van der Waals surface area contributed by atoms with Crippen LogP contribution in [0, 0.1) is 0 Å². The molecule has 0 saturated carbocycles. The molecule has 14 heavy (non-hydrogen) atoms. The molecular weight excluding hydrogens is 218 g/mol. The predicted molar refractivity (Wildman–Crippen MR) is 60.0 cm³/mol. The first-order valence-electron chi connectivity index (χ1n) is 5.00. The molecule has 3 nitrogen and oxygen atoms in total. The molecule has 2 heterocycles. The van der Waals surface area contributed by atoms with E-state index in [4.69, 9.17) is 11.6 Å². The minimum Gasteiger partial charge on any atom is -0.298 e. The van der Waals surface area contributed by atoms with Crippen molar-refractivity contribution >= 4 is 23.4 Å². The molecule has 1 fully saturated rings. The lowest BCUT2D eigenvalue weighted by molar-refractivity contribution is 0.483. The quantitative estimate of drug-likeness (QED) is 0.784. The van der Waals surface area contributed by atoms with Crippen LogP contribution in [0.5, 0.6) is 0 Å². The number of hydrogen-bond donors (Lipinski definition) is 0. The van der Waals surface area contributed by atoms with Crippen molar-refractivity contribution in [3.8, 4) is 0 Å². The van der Waals surface area contributed by atoms with E-state index in [2.05, 4.69) is 21.7 Å². The maximum absolute atomic E-state index is 6.04. The van der Waals surface area contributed by atoms with Gasteiger partial charge in [-0.2, -0.15) is 11.8 Å². The lowest BCUT2D eigenvalue weighted by Crippen LogP contribution is -2.18. The molecule has 2 rings (SSSR count). The van der Waals surface area contributed by atoms with Crippen LogP contribution in [0.4, 0.5) is 0 Å². The first-order chi connectivity index (χ1) is 6.83. The van der Waals surface area contributed by atoms with Crippen LogP contribution in [0.1, 0.15) is 31.6 Å². The van der Waals surface area contributed by atoms with E-state index in [0.717, 1.165) is 18.0 Å². The number of aromatic nitrogens is 3. The maximum atomic E-state index is 6.04. The summed E-state index contributed by atoms with van der Waals surface area (Å²) in [6.45, 7) is 2.09. The summed E-state index contributed by atoms with van der Waals surface area (Å²) in [7, 11) is 0. The molecule has 0 aliphatic carbocycles. The van der Waals surface area contributed by atoms with Gasteiger partial charge in [-0.15, -0.1) is 10.2 Å². The maximum Gasteiger partial charge on any atom is 0.225 e. The van der Waals surface area contributed by atoms with Crippen molar-refractivity contribution < 1.29 is 0 Å². The number of nitrogens with zero attached hydrogens (tertiary/aromatic N) is 3. The van der Waals surface area contributed by atoms with Crippen LogP contribution >= 0.6 is 23.4 Å². The van der Waals surface area contributed by atoms with Crippen molar-refractivity contribution in [2.45, 2.75) is 32.2 Å². The predicted octanol–water partition coefficient (Wildman–Crippen LogP) is 2.56. The second-order valence-electron chi connectivity index (χ2n) is 3.48. The lowest BCUT2D eigenvalue weighted by Gasteiger charge is -2.24. The van der Waals surface area contributed by atoms with E-state index in [1.165, 1.54) is 18.6 Å². The third-order valence-electron chi connectivity index (χ3n) is 2.54. The Labute approximate surface area is 93.2 Å². The topological polar surface area (TPSA) is 30.7 Å². The van der Waals surface area contributed by atoms with E-state index in [1.807, 2.05) is 11.8 Å². The van der Waals surface area contributed by atoms with E-state index in [9.17, 15) is 0 Å². The normalized spacial score (nSPS) is 22.6. The fraction of sp³-hybridized carbons (Fsp3) is 0.778. The SMILES string of the molecule is CCc1nnc(Cl)n1C1CCCSC1. The minimum absolute atomic E-state index is 0.506. The number of rotatable bonds is 2. The van der Waals surface area contributed by atoms with E-state index in [-0.39, 0.29) is 0 Å². The highest BCUT2D eigenvalue weighted by molar-refractivity contribution is 7.99. The smallest absolute Gasteiger partial charge is 0.225 e. The van der Waals surface area contributed by atoms with Crippen LogP contribution in [-0.4, -0.2) is 26.3 Å². The van der Waals surface area contributed by atoms with Crippen molar-refractivity contribution in [3.05, 3.63) is 11.1 Å². The van der Waals surface area contributed by atoms with Gasteiger partial charge in [0.1, 0.15) is 5.82 Å². The second kappa shape index (κ2) is 4.53. The van der Waals surface area contributed by atoms with Gasteiger partial charge in [0.2, 0.25) is 5.28 Å². The van der Waals surface area contributed by atoms with Gasteiger partial charge in [-0.05, 0) is 30.2 Å². The molecule has 0 amide bonds. The van der Waals surface area contributed by atoms with Crippen molar-refractivity contribution in [3.63, 3.8) is 0 Å². The van der Waals surface area contributed by atoms with Crippen LogP contribution in [0.2, 0.25) is 5.28 Å². The Morgan fingerprint density at radius 2 is 2.43 bits per heavy atom. The van der Waals surface area contributed by atoms with Gasteiger partial charge in [-0.1, -0.05) is 6.92 Å². The molecule has 0 bridgehead atoms. The van der Waals surface area contributed by atoms with Gasteiger partial charge in [-0.25, -0.2) is 0 Å². The summed E-state index contributed by atoms with van der Waals surface area (Å²) < 4.78 is 2.10. The first kappa shape index (κ1) is 10.3. The van der Waals surface area contributed by atoms with E-state index >= 15 is 0 Å². The molecule has 1 atom stereocenters. The van der Waals surface area contributed by atoms with Crippen molar-refractivity contribution in [1.82, 2.24) is 14.8 Å². The molecule has 1 unspecified atom stereocenters. The molecule has 1 saturated heterocycles. The molecule has 78 valence electrons. The summed E-state index contributed by atoms with van der Waals surface area (Å²) in [5.74, 6) is 3.44. The Kier molecular flexibility index (Phi) is 3.34. The number of halogens is 1. The summed E-state index contributed by atoms with van der Waals surface area (Å²) in [6, 6.07) is 0.506. The third-order valence-corrected chi connectivity index (χ3v) is 4.00. The first-order valence-corrected chi connectivity index (χ1v) is 6.53. The molecule has 0 aromatic carbocycles. The number of aryl methyl sites for hydroxylation is 1. The fourth-order valence-electron chi connectivity index (χ4n) is 1.83. The van der Waals surface area contributed by atoms with Gasteiger partial charge in [0.25, 0.3) is 0 Å². The van der Waals surface area contributed by atoms with Gasteiger partial charge in [0, 0.05) is 18.2 Å². The summed E-state index contributed by atoms with van der Waals surface area (Å²) in [5.41, 5.74) is 0. The Morgan fingerprint density at radius 3 is 3.07 bits per heavy atom. The van der Waals surface area contributed by atoms with Crippen LogP contribution in [0.15, 0.2) is 0 Å². The van der Waals surface area contributed by atoms with Gasteiger partial charge in [0.15, 0.2) is 0 Å². The van der Waals surface area contributed by atoms with Gasteiger partial charge >= 0.3 is 0 Å². The Bertz CT molecular complexity index is 307. The number of hydrogen-bond acceptors (Lipinski definition) is 3. The fourth-order valence-corrected chi connectivity index (χ4v) is 3.23. The highest BCUT2D eigenvalue weighted by Crippen LogP contribution is 2.29. The zero-order valence-electron chi connectivity index (χ0n) is 8.24. The van der Waals surface area contributed by atoms with Crippen LogP contribution in [0.25, 0.3) is 0 Å². The van der Waals surface area contributed by atoms with E-state index in [1.54, 1.807) is 0 Å². The largest absolute Gasteiger partial charge is 0.298 e. The average Bonchev–Trinajstić information content (AvgIpc) is 2.61. The standard InChI is InChI=1S/C9H14ClN3S/c1-2-8-11-12-9(10)13(8)7-4-3-5-14-6-7/h7H,2-6H2,1H3. The molecule has 0 spiro atoms. The summed E-state index contributed by atoms with van der Waals surface area (Å²) in [4.78, 5) is 0. The third kappa shape index (κ3) is 1.91. The van der Waals surface area contributed by atoms with Crippen LogP contribution < -0.4 is 0 Å². The molecule has 1 aromatic heterocycles. The van der Waals surface area contributed by atoms with Crippen molar-refractivity contribution in [2.75, 3.05) is 11.5 Å². The molecule has 0 radical (unpaired) electrons. The molecule has 5 heteroatoms. The molecule has 1 aromatic rings. The Morgan fingerprint density at radius 1 is 1.57 bits per heavy atom. The second-order valence-corrected chi connectivity index (χ2v) is 4.97. The number of thioether (sulfide) groups is 1. The zero-order chi connectivity index (χ0) is 9.97. The lowest BCUT2D eigenvalue weighted by atomic mass is 10.2. The highest BCUT2D eigenvalue weighted by Gasteiger charge is 2.21. The molecule has 1 aliphatic rings. The van der Waals surface area contributed by atoms with E-state index < -0.39 is 0 Å². The van der Waals surface area contributed by atoms with Gasteiger partial charge < -0.3 is 0 Å². The summed E-state index contributed by atoms with van der Waals surface area (Å²) in [6.07, 6.45) is 3.38. The highest BCUT2D eigenvalue weighted by atomic mass is 35.5. The zero-order valence-corrected chi connectivity index (χ0v) is 9.81. The van der Waals surface area contributed by atoms with Gasteiger partial charge in [-0.3, -0.25) is 4.57 Å². The van der Waals surface area contributed by atoms with Crippen LogP contribution in [-0.2, 0) is 6.42 Å². The Balaban J connectivity index is 2.23. The summed E-state index contributed by atoms with van der Waals surface area (Å²) in [5, 5.41) is 8.56. The summed E-state index contributed by atoms with van der Waals surface area (Å²) >= 11 is 8.03. The average molecular weight is 232 g/mol. The minimum atomic E-state index is 0.506. The Hall–Kier alpha value is -0.220. The molecular formula is C9H14ClN3S. The van der Waals surface area contributed by atoms with Crippen LogP contribution in [0.3, 0.4) is 0 Å². The monoisotopic (exact) mass is 231 g/mol. The van der Waals surface area contributed by atoms with Crippen molar-refractivity contribution in [2.24, 2.45) is 0 Å². The van der Waals surface area contributed by atoms with Crippen molar-refractivity contribution in [1.29, 1.82) is 0 Å².